The van der Waals surface area contributed by atoms with Crippen molar-refractivity contribution in [3.05, 3.63) is 23.8 Å². The zero-order chi connectivity index (χ0) is 39.6. The van der Waals surface area contributed by atoms with Crippen LogP contribution in [0.4, 0.5) is 0 Å². The Morgan fingerprint density at radius 3 is 2.36 bits per heavy atom. The van der Waals surface area contributed by atoms with Crippen LogP contribution in [-0.4, -0.2) is 142 Å². The van der Waals surface area contributed by atoms with Gasteiger partial charge >= 0.3 is 10.4 Å². The molecule has 312 valence electrons. The van der Waals surface area contributed by atoms with Gasteiger partial charge in [-0.25, -0.2) is 4.18 Å². The number of rotatable bonds is 6. The molecule has 7 N–H and O–H groups in total. The first-order valence-corrected chi connectivity index (χ1v) is 21.2. The molecule has 4 aliphatic heterocycles. The molecule has 0 aromatic heterocycles. The highest BCUT2D eigenvalue weighted by Crippen LogP contribution is 2.71. The summed E-state index contributed by atoms with van der Waals surface area (Å²) in [5.74, 6) is -0.362. The molecule has 0 amide bonds. The lowest BCUT2D eigenvalue weighted by molar-refractivity contribution is -0.361. The molecule has 4 saturated heterocycles. The standard InChI is InChI=1S/C38H58O16S/c1-16-6-9-38(49-14-16)17(2)28-24(53-38)13-22-27-21(7-8-36(22,28)4)37(5)19(11-23(27)40)10-20(39)12-26(37)51-35-33(30(42)25(15-48-35)54-55(45,46)47)52-34-32(44)31(43)29(41)18(3)50-34/h11,17-18,20-35,39-44H,1,6-10,12-15H2,2-5H3,(H,45,46,47)/t17-,18-,20+,21-,22+,23-,24-,25-,26+,27-,28-,29-,30-,31+,32+,33+,34-,35-,36-,37-,38+/m0/s1. The van der Waals surface area contributed by atoms with E-state index in [2.05, 4.69) is 27.4 Å². The average Bonchev–Trinajstić information content (AvgIpc) is 3.56. The molecule has 4 heterocycles. The minimum Gasteiger partial charge on any atom is -0.393 e. The maximum atomic E-state index is 12.0. The molecule has 8 aliphatic rings. The SMILES string of the molecule is C=C1CC[C@@]2(OC1)O[C@H]1C[C@@H]3[C@H]4[C@@H](O)C=C5C[C@@H](O)C[C@@H](O[C@@H]6OC[C@H](OS(=O)(=O)O)[C@H](O)[C@H]6O[C@@H]6O[C@@H](C)[C@H](O)[C@@H](O)[C@H]6O)[C@]5(C)[C@H]4CC[C@]3(C)[C@H]1[C@@H]2C. The van der Waals surface area contributed by atoms with Crippen molar-refractivity contribution >= 4 is 10.4 Å². The zero-order valence-corrected chi connectivity index (χ0v) is 32.6. The van der Waals surface area contributed by atoms with E-state index in [-0.39, 0.29) is 47.5 Å². The molecule has 0 aromatic carbocycles. The predicted octanol–water partition coefficient (Wildman–Crippen LogP) is 0.718. The monoisotopic (exact) mass is 802 g/mol. The van der Waals surface area contributed by atoms with Crippen LogP contribution in [0.5, 0.6) is 0 Å². The number of hydrogen-bond donors (Lipinski definition) is 7. The first-order chi connectivity index (χ1) is 25.8. The van der Waals surface area contributed by atoms with E-state index in [0.717, 1.165) is 43.3 Å². The van der Waals surface area contributed by atoms with Crippen LogP contribution in [0.25, 0.3) is 0 Å². The van der Waals surface area contributed by atoms with Gasteiger partial charge in [0.1, 0.15) is 36.6 Å². The van der Waals surface area contributed by atoms with E-state index < -0.39 is 102 Å². The Balaban J connectivity index is 1.07. The van der Waals surface area contributed by atoms with Crippen LogP contribution in [-0.2, 0) is 43.0 Å². The normalized spacial score (nSPS) is 55.3. The lowest BCUT2D eigenvalue weighted by Crippen LogP contribution is -2.64. The summed E-state index contributed by atoms with van der Waals surface area (Å²) < 4.78 is 75.0. The molecule has 7 fully saturated rings. The Hall–Kier alpha value is -1.13. The van der Waals surface area contributed by atoms with E-state index in [1.165, 1.54) is 6.92 Å². The van der Waals surface area contributed by atoms with Gasteiger partial charge in [0.15, 0.2) is 18.4 Å². The number of fused-ring (bicyclic) bond motifs is 7. The molecule has 55 heavy (non-hydrogen) atoms. The Morgan fingerprint density at radius 1 is 0.927 bits per heavy atom. The van der Waals surface area contributed by atoms with Gasteiger partial charge in [0, 0.05) is 24.2 Å². The maximum absolute atomic E-state index is 12.0. The molecule has 8 rings (SSSR count). The smallest absolute Gasteiger partial charge is 0.393 e. The maximum Gasteiger partial charge on any atom is 0.397 e. The highest BCUT2D eigenvalue weighted by Gasteiger charge is 2.70. The summed E-state index contributed by atoms with van der Waals surface area (Å²) in [6.45, 7) is 12.2. The van der Waals surface area contributed by atoms with Crippen LogP contribution in [0.2, 0.25) is 0 Å². The molecule has 0 unspecified atom stereocenters. The fourth-order valence-corrected chi connectivity index (χ4v) is 12.9. The minimum absolute atomic E-state index is 0.0200. The van der Waals surface area contributed by atoms with E-state index in [4.69, 9.17) is 32.6 Å². The van der Waals surface area contributed by atoms with Crippen LogP contribution in [0.3, 0.4) is 0 Å². The van der Waals surface area contributed by atoms with Crippen LogP contribution >= 0.6 is 0 Å². The summed E-state index contributed by atoms with van der Waals surface area (Å²) in [5, 5.41) is 66.1. The fraction of sp³-hybridized carbons (Fsp3) is 0.895. The summed E-state index contributed by atoms with van der Waals surface area (Å²) in [6, 6.07) is 0. The third kappa shape index (κ3) is 6.61. The van der Waals surface area contributed by atoms with Crippen LogP contribution in [0, 0.1) is 40.4 Å². The summed E-state index contributed by atoms with van der Waals surface area (Å²) in [5.41, 5.74) is 1.07. The van der Waals surface area contributed by atoms with Gasteiger partial charge in [0.2, 0.25) is 0 Å². The summed E-state index contributed by atoms with van der Waals surface area (Å²) in [6.07, 6.45) is -9.98. The van der Waals surface area contributed by atoms with Gasteiger partial charge in [-0.05, 0) is 68.1 Å². The summed E-state index contributed by atoms with van der Waals surface area (Å²) in [7, 11) is -5.05. The van der Waals surface area contributed by atoms with E-state index in [1.807, 2.05) is 6.08 Å². The zero-order valence-electron chi connectivity index (χ0n) is 31.8. The van der Waals surface area contributed by atoms with Gasteiger partial charge in [-0.15, -0.1) is 0 Å². The van der Waals surface area contributed by atoms with Crippen LogP contribution in [0.15, 0.2) is 23.8 Å². The molecule has 3 saturated carbocycles. The number of ether oxygens (including phenoxy) is 6. The average molecular weight is 803 g/mol. The van der Waals surface area contributed by atoms with Crippen LogP contribution < -0.4 is 0 Å². The molecular weight excluding hydrogens is 744 g/mol. The highest BCUT2D eigenvalue weighted by atomic mass is 32.3. The van der Waals surface area contributed by atoms with Crippen molar-refractivity contribution in [1.82, 2.24) is 0 Å². The van der Waals surface area contributed by atoms with Crippen molar-refractivity contribution in [3.8, 4) is 0 Å². The first kappa shape index (κ1) is 40.6. The second kappa shape index (κ2) is 14.3. The van der Waals surface area contributed by atoms with Crippen LogP contribution in [0.1, 0.15) is 72.6 Å². The van der Waals surface area contributed by atoms with E-state index >= 15 is 0 Å². The highest BCUT2D eigenvalue weighted by molar-refractivity contribution is 7.80. The summed E-state index contributed by atoms with van der Waals surface area (Å²) in [4.78, 5) is 0. The Labute approximate surface area is 321 Å². The molecule has 0 radical (unpaired) electrons. The molecular formula is C38H58O16S. The van der Waals surface area contributed by atoms with E-state index in [9.17, 15) is 43.6 Å². The second-order valence-corrected chi connectivity index (χ2v) is 19.2. The molecule has 1 spiro atoms. The van der Waals surface area contributed by atoms with Crippen molar-refractivity contribution in [2.45, 2.75) is 158 Å². The Kier molecular flexibility index (Phi) is 10.5. The van der Waals surface area contributed by atoms with Gasteiger partial charge in [0.25, 0.3) is 0 Å². The number of aliphatic hydroxyl groups excluding tert-OH is 6. The first-order valence-electron chi connectivity index (χ1n) is 19.8. The molecule has 0 aromatic rings. The Bertz CT molecular complexity index is 1610. The third-order valence-electron chi connectivity index (χ3n) is 15.2. The fourth-order valence-electron chi connectivity index (χ4n) is 12.4. The van der Waals surface area contributed by atoms with Gasteiger partial charge < -0.3 is 59.1 Å². The van der Waals surface area contributed by atoms with Gasteiger partial charge in [-0.1, -0.05) is 44.6 Å². The van der Waals surface area contributed by atoms with Gasteiger partial charge in [-0.3, -0.25) is 4.55 Å². The topological polar surface area (TPSA) is 240 Å². The van der Waals surface area contributed by atoms with E-state index in [0.29, 0.717) is 13.0 Å². The predicted molar refractivity (Wildman–Crippen MR) is 189 cm³/mol. The molecule has 21 atom stereocenters. The van der Waals surface area contributed by atoms with Crippen molar-refractivity contribution in [2.75, 3.05) is 13.2 Å². The van der Waals surface area contributed by atoms with Crippen molar-refractivity contribution in [3.63, 3.8) is 0 Å². The number of aliphatic hydroxyl groups is 6. The minimum atomic E-state index is -5.05. The molecule has 16 nitrogen and oxygen atoms in total. The quantitative estimate of drug-likeness (QED) is 0.145. The Morgan fingerprint density at radius 2 is 1.67 bits per heavy atom. The van der Waals surface area contributed by atoms with E-state index in [1.54, 1.807) is 0 Å². The van der Waals surface area contributed by atoms with Gasteiger partial charge in [-0.2, -0.15) is 8.42 Å². The third-order valence-corrected chi connectivity index (χ3v) is 15.7. The van der Waals surface area contributed by atoms with Gasteiger partial charge in [0.05, 0.1) is 43.7 Å². The second-order valence-electron chi connectivity index (χ2n) is 18.1. The molecule has 0 bridgehead atoms. The summed E-state index contributed by atoms with van der Waals surface area (Å²) >= 11 is 0. The largest absolute Gasteiger partial charge is 0.397 e. The molecule has 17 heteroatoms. The van der Waals surface area contributed by atoms with Crippen molar-refractivity contribution < 1.29 is 76.2 Å². The van der Waals surface area contributed by atoms with Crippen molar-refractivity contribution in [2.24, 2.45) is 40.4 Å². The lowest BCUT2D eigenvalue weighted by atomic mass is 9.45. The number of hydrogen-bond acceptors (Lipinski definition) is 15. The molecule has 4 aliphatic carbocycles. The lowest BCUT2D eigenvalue weighted by Gasteiger charge is -2.61. The van der Waals surface area contributed by atoms with Crippen molar-refractivity contribution in [1.29, 1.82) is 0 Å².